The predicted molar refractivity (Wildman–Crippen MR) is 82.0 cm³/mol. The molecule has 3 rings (SSSR count). The first-order chi connectivity index (χ1) is 9.49. The molecule has 20 heavy (non-hydrogen) atoms. The van der Waals surface area contributed by atoms with Gasteiger partial charge in [0.05, 0.1) is 11.1 Å². The fourth-order valence-electron chi connectivity index (χ4n) is 2.77. The van der Waals surface area contributed by atoms with E-state index in [9.17, 15) is 5.11 Å². The highest BCUT2D eigenvalue weighted by atomic mass is 35.5. The van der Waals surface area contributed by atoms with E-state index in [0.717, 1.165) is 29.4 Å². The van der Waals surface area contributed by atoms with Gasteiger partial charge >= 0.3 is 0 Å². The minimum atomic E-state index is -0.506. The van der Waals surface area contributed by atoms with Crippen molar-refractivity contribution in [1.82, 2.24) is 9.88 Å². The molecule has 0 unspecified atom stereocenters. The minimum Gasteiger partial charge on any atom is -0.387 e. The molecular formula is C16H19ClN2O. The lowest BCUT2D eigenvalue weighted by Gasteiger charge is -2.46. The summed E-state index contributed by atoms with van der Waals surface area (Å²) in [6.45, 7) is 6.24. The van der Waals surface area contributed by atoms with Gasteiger partial charge in [-0.1, -0.05) is 30.7 Å². The fraction of sp³-hybridized carbons (Fsp3) is 0.438. The van der Waals surface area contributed by atoms with Gasteiger partial charge in [0.2, 0.25) is 0 Å². The number of hydrogen-bond donors (Lipinski definition) is 1. The lowest BCUT2D eigenvalue weighted by Crippen LogP contribution is -2.60. The van der Waals surface area contributed by atoms with Gasteiger partial charge in [0.15, 0.2) is 0 Å². The Bertz CT molecular complexity index is 650. The maximum atomic E-state index is 10.0. The smallest absolute Gasteiger partial charge is 0.134 e. The van der Waals surface area contributed by atoms with Crippen LogP contribution in [0.25, 0.3) is 10.9 Å². The number of benzene rings is 1. The Balaban J connectivity index is 1.82. The molecule has 1 aliphatic heterocycles. The quantitative estimate of drug-likeness (QED) is 0.882. The highest BCUT2D eigenvalue weighted by Crippen LogP contribution is 2.28. The van der Waals surface area contributed by atoms with Crippen LogP contribution in [0.2, 0.25) is 5.15 Å². The Labute approximate surface area is 124 Å². The normalized spacial score (nSPS) is 18.2. The summed E-state index contributed by atoms with van der Waals surface area (Å²) in [5, 5.41) is 11.7. The monoisotopic (exact) mass is 290 g/mol. The summed E-state index contributed by atoms with van der Waals surface area (Å²) < 4.78 is 0. The number of hydrogen-bond acceptors (Lipinski definition) is 3. The second-order valence-corrected chi connectivity index (χ2v) is 6.22. The predicted octanol–water partition coefficient (Wildman–Crippen LogP) is 3.15. The van der Waals surface area contributed by atoms with Crippen LogP contribution in [0.4, 0.5) is 0 Å². The molecule has 1 aromatic heterocycles. The van der Waals surface area contributed by atoms with Crippen molar-refractivity contribution in [1.29, 1.82) is 0 Å². The van der Waals surface area contributed by atoms with Crippen molar-refractivity contribution in [2.75, 3.05) is 13.1 Å². The summed E-state index contributed by atoms with van der Waals surface area (Å²) in [5.41, 5.74) is 2.64. The van der Waals surface area contributed by atoms with E-state index in [-0.39, 0.29) is 0 Å². The lowest BCUT2D eigenvalue weighted by molar-refractivity contribution is -0.103. The molecule has 0 amide bonds. The van der Waals surface area contributed by atoms with Crippen LogP contribution in [0.1, 0.15) is 24.5 Å². The Hall–Kier alpha value is -1.16. The second-order valence-electron chi connectivity index (χ2n) is 5.86. The van der Waals surface area contributed by atoms with Crippen LogP contribution in [-0.2, 0) is 6.54 Å². The first-order valence-electron chi connectivity index (χ1n) is 7.00. The maximum Gasteiger partial charge on any atom is 0.134 e. The van der Waals surface area contributed by atoms with E-state index in [2.05, 4.69) is 35.0 Å². The van der Waals surface area contributed by atoms with Gasteiger partial charge < -0.3 is 5.11 Å². The maximum absolute atomic E-state index is 10.0. The Kier molecular flexibility index (Phi) is 3.44. The Morgan fingerprint density at radius 3 is 2.80 bits per heavy atom. The van der Waals surface area contributed by atoms with E-state index < -0.39 is 5.60 Å². The first-order valence-corrected chi connectivity index (χ1v) is 7.37. The van der Waals surface area contributed by atoms with Gasteiger partial charge in [-0.2, -0.15) is 0 Å². The summed E-state index contributed by atoms with van der Waals surface area (Å²) in [5.74, 6) is 0. The van der Waals surface area contributed by atoms with Crippen LogP contribution < -0.4 is 0 Å². The molecule has 0 bridgehead atoms. The summed E-state index contributed by atoms with van der Waals surface area (Å²) in [4.78, 5) is 6.68. The molecule has 106 valence electrons. The number of rotatable bonds is 3. The third kappa shape index (κ3) is 2.53. The van der Waals surface area contributed by atoms with E-state index in [1.165, 1.54) is 5.56 Å². The minimum absolute atomic E-state index is 0.506. The van der Waals surface area contributed by atoms with Crippen molar-refractivity contribution in [3.05, 3.63) is 40.5 Å². The van der Waals surface area contributed by atoms with E-state index in [1.54, 1.807) is 0 Å². The number of halogens is 1. The average Bonchev–Trinajstić information content (AvgIpc) is 2.37. The van der Waals surface area contributed by atoms with E-state index >= 15 is 0 Å². The highest BCUT2D eigenvalue weighted by molar-refractivity contribution is 6.30. The molecule has 0 aliphatic carbocycles. The van der Waals surface area contributed by atoms with Gasteiger partial charge in [-0.05, 0) is 31.0 Å². The number of pyridine rings is 1. The largest absolute Gasteiger partial charge is 0.387 e. The van der Waals surface area contributed by atoms with Gasteiger partial charge in [-0.25, -0.2) is 4.98 Å². The average molecular weight is 291 g/mol. The molecule has 1 aromatic carbocycles. The number of nitrogens with zero attached hydrogens (tertiary/aromatic N) is 2. The molecule has 3 nitrogen and oxygen atoms in total. The van der Waals surface area contributed by atoms with Crippen LogP contribution in [-0.4, -0.2) is 33.7 Å². The number of likely N-dealkylation sites (tertiary alicyclic amines) is 1. The Morgan fingerprint density at radius 2 is 2.10 bits per heavy atom. The van der Waals surface area contributed by atoms with Gasteiger partial charge in [0, 0.05) is 30.6 Å². The van der Waals surface area contributed by atoms with Crippen molar-refractivity contribution < 1.29 is 5.11 Å². The number of aliphatic hydroxyl groups is 1. The third-order valence-electron chi connectivity index (χ3n) is 4.09. The summed E-state index contributed by atoms with van der Waals surface area (Å²) in [7, 11) is 0. The van der Waals surface area contributed by atoms with Crippen molar-refractivity contribution >= 4 is 22.5 Å². The molecule has 0 radical (unpaired) electrons. The topological polar surface area (TPSA) is 36.4 Å². The second kappa shape index (κ2) is 4.99. The highest BCUT2D eigenvalue weighted by Gasteiger charge is 2.39. The van der Waals surface area contributed by atoms with Crippen molar-refractivity contribution in [3.8, 4) is 0 Å². The zero-order valence-electron chi connectivity index (χ0n) is 11.9. The van der Waals surface area contributed by atoms with Crippen LogP contribution in [0, 0.1) is 6.92 Å². The number of aryl methyl sites for hydroxylation is 1. The summed E-state index contributed by atoms with van der Waals surface area (Å²) in [6, 6.07) is 8.31. The third-order valence-corrected chi connectivity index (χ3v) is 4.41. The molecule has 0 atom stereocenters. The molecule has 1 N–H and O–H groups in total. The molecule has 1 aliphatic rings. The van der Waals surface area contributed by atoms with Gasteiger partial charge in [0.1, 0.15) is 5.15 Å². The number of fused-ring (bicyclic) bond motifs is 1. The molecule has 0 spiro atoms. The van der Waals surface area contributed by atoms with E-state index in [1.807, 2.05) is 13.0 Å². The fourth-order valence-corrected chi connectivity index (χ4v) is 2.98. The summed E-state index contributed by atoms with van der Waals surface area (Å²) >= 11 is 6.29. The zero-order valence-corrected chi connectivity index (χ0v) is 12.6. The SMILES string of the molecule is CCC1(O)CN(Cc2cc3ccc(C)cc3nc2Cl)C1. The van der Waals surface area contributed by atoms with Crippen LogP contribution >= 0.6 is 11.6 Å². The van der Waals surface area contributed by atoms with Crippen LogP contribution in [0.3, 0.4) is 0 Å². The molecule has 2 aromatic rings. The van der Waals surface area contributed by atoms with Gasteiger partial charge in [-0.15, -0.1) is 0 Å². The van der Waals surface area contributed by atoms with Crippen molar-refractivity contribution in [2.45, 2.75) is 32.4 Å². The number of aromatic nitrogens is 1. The molecule has 0 saturated carbocycles. The summed E-state index contributed by atoms with van der Waals surface area (Å²) in [6.07, 6.45) is 0.798. The van der Waals surface area contributed by atoms with E-state index in [4.69, 9.17) is 11.6 Å². The molecular weight excluding hydrogens is 272 g/mol. The number of β-amino-alcohol motifs (C(OH)–C–C–N with tert-alkyl or cyclic N) is 1. The first kappa shape index (κ1) is 13.8. The van der Waals surface area contributed by atoms with E-state index in [0.29, 0.717) is 18.2 Å². The van der Waals surface area contributed by atoms with Gasteiger partial charge in [-0.3, -0.25) is 4.90 Å². The standard InChI is InChI=1S/C16H19ClN2O/c1-3-16(20)9-19(10-16)8-13-7-12-5-4-11(2)6-14(12)18-15(13)17/h4-7,20H,3,8-10H2,1-2H3. The van der Waals surface area contributed by atoms with Crippen LogP contribution in [0.15, 0.2) is 24.3 Å². The molecule has 1 saturated heterocycles. The zero-order chi connectivity index (χ0) is 14.3. The molecule has 4 heteroatoms. The Morgan fingerprint density at radius 1 is 1.35 bits per heavy atom. The lowest BCUT2D eigenvalue weighted by atomic mass is 9.91. The van der Waals surface area contributed by atoms with Gasteiger partial charge in [0.25, 0.3) is 0 Å². The van der Waals surface area contributed by atoms with Crippen LogP contribution in [0.5, 0.6) is 0 Å². The molecule has 2 heterocycles. The van der Waals surface area contributed by atoms with Crippen molar-refractivity contribution in [2.24, 2.45) is 0 Å². The molecule has 1 fully saturated rings. The van der Waals surface area contributed by atoms with Crippen molar-refractivity contribution in [3.63, 3.8) is 0 Å².